The smallest absolute Gasteiger partial charge is 0.132 e. The number of benzene rings is 2. The Labute approximate surface area is 142 Å². The lowest BCUT2D eigenvalue weighted by Gasteiger charge is -2.12. The molecule has 0 radical (unpaired) electrons. The third-order valence-electron chi connectivity index (χ3n) is 3.15. The number of aromatic nitrogens is 2. The van der Waals surface area contributed by atoms with Crippen molar-refractivity contribution in [3.63, 3.8) is 0 Å². The number of halogens is 4. The first-order chi connectivity index (χ1) is 9.97. The summed E-state index contributed by atoms with van der Waals surface area (Å²) in [5.74, 6) is 0.693. The van der Waals surface area contributed by atoms with Crippen LogP contribution in [0.15, 0.2) is 36.4 Å². The van der Waals surface area contributed by atoms with Crippen LogP contribution < -0.4 is 0 Å². The van der Waals surface area contributed by atoms with E-state index in [4.69, 9.17) is 46.4 Å². The van der Waals surface area contributed by atoms with E-state index in [2.05, 4.69) is 4.98 Å². The Bertz CT molecular complexity index is 824. The van der Waals surface area contributed by atoms with Crippen LogP contribution in [0.3, 0.4) is 0 Å². The van der Waals surface area contributed by atoms with E-state index in [0.29, 0.717) is 20.9 Å². The Morgan fingerprint density at radius 2 is 1.67 bits per heavy atom. The fourth-order valence-corrected chi connectivity index (χ4v) is 2.93. The van der Waals surface area contributed by atoms with E-state index in [1.807, 2.05) is 23.6 Å². The minimum atomic E-state index is -0.286. The molecule has 0 amide bonds. The lowest BCUT2D eigenvalue weighted by molar-refractivity contribution is 0.883. The van der Waals surface area contributed by atoms with Crippen LogP contribution in [0, 0.1) is 0 Å². The summed E-state index contributed by atoms with van der Waals surface area (Å²) >= 11 is 24.7. The zero-order valence-corrected chi connectivity index (χ0v) is 14.0. The highest BCUT2D eigenvalue weighted by Crippen LogP contribution is 2.33. The molecule has 108 valence electrons. The molecule has 1 atom stereocenters. The van der Waals surface area contributed by atoms with E-state index in [1.165, 1.54) is 0 Å². The molecule has 1 unspecified atom stereocenters. The van der Waals surface area contributed by atoms with Crippen LogP contribution >= 0.6 is 46.4 Å². The monoisotopic (exact) mass is 358 g/mol. The first-order valence-corrected chi connectivity index (χ1v) is 7.82. The molecule has 0 aliphatic carbocycles. The van der Waals surface area contributed by atoms with Gasteiger partial charge in [0.1, 0.15) is 5.82 Å². The standard InChI is InChI=1S/C15H10Cl4N2/c1-8(16)15-20-12-6-9(17)3-5-13(12)21(15)14-7-10(18)2-4-11(14)19/h2-8H,1H3. The molecule has 0 fully saturated rings. The first kappa shape index (κ1) is 15.0. The van der Waals surface area contributed by atoms with Crippen molar-refractivity contribution in [2.75, 3.05) is 0 Å². The minimum absolute atomic E-state index is 0.286. The largest absolute Gasteiger partial charge is 0.293 e. The van der Waals surface area contributed by atoms with Gasteiger partial charge in [-0.25, -0.2) is 4.98 Å². The number of fused-ring (bicyclic) bond motifs is 1. The number of rotatable bonds is 2. The second-order valence-corrected chi connectivity index (χ2v) is 6.58. The summed E-state index contributed by atoms with van der Waals surface area (Å²) in [4.78, 5) is 4.57. The Hall–Kier alpha value is -0.930. The van der Waals surface area contributed by atoms with E-state index in [1.54, 1.807) is 24.3 Å². The molecule has 0 aliphatic heterocycles. The maximum absolute atomic E-state index is 6.32. The predicted molar refractivity (Wildman–Crippen MR) is 90.4 cm³/mol. The van der Waals surface area contributed by atoms with Crippen LogP contribution in [0.1, 0.15) is 18.1 Å². The van der Waals surface area contributed by atoms with Crippen molar-refractivity contribution in [3.8, 4) is 5.69 Å². The van der Waals surface area contributed by atoms with E-state index >= 15 is 0 Å². The van der Waals surface area contributed by atoms with Crippen molar-refractivity contribution >= 4 is 57.4 Å². The van der Waals surface area contributed by atoms with E-state index in [0.717, 1.165) is 16.7 Å². The molecule has 2 nitrogen and oxygen atoms in total. The summed E-state index contributed by atoms with van der Waals surface area (Å²) in [6, 6.07) is 10.8. The van der Waals surface area contributed by atoms with Crippen molar-refractivity contribution in [2.24, 2.45) is 0 Å². The van der Waals surface area contributed by atoms with Gasteiger partial charge in [-0.2, -0.15) is 0 Å². The molecule has 1 heterocycles. The molecule has 1 aromatic heterocycles. The molecular weight excluding hydrogens is 350 g/mol. The Balaban J connectivity index is 2.39. The third kappa shape index (κ3) is 2.74. The quantitative estimate of drug-likeness (QED) is 0.492. The molecule has 0 saturated carbocycles. The van der Waals surface area contributed by atoms with Gasteiger partial charge in [0, 0.05) is 10.0 Å². The molecule has 3 rings (SSSR count). The summed E-state index contributed by atoms with van der Waals surface area (Å²) in [5, 5.41) is 1.51. The van der Waals surface area contributed by atoms with Crippen LogP contribution in [-0.2, 0) is 0 Å². The van der Waals surface area contributed by atoms with Gasteiger partial charge in [-0.05, 0) is 43.3 Å². The predicted octanol–water partition coefficient (Wildman–Crippen LogP) is 6.29. The molecule has 2 aromatic carbocycles. The van der Waals surface area contributed by atoms with Crippen LogP contribution in [0.4, 0.5) is 0 Å². The summed E-state index contributed by atoms with van der Waals surface area (Å²) in [5.41, 5.74) is 2.39. The van der Waals surface area contributed by atoms with Gasteiger partial charge in [-0.15, -0.1) is 11.6 Å². The number of nitrogens with zero attached hydrogens (tertiary/aromatic N) is 2. The van der Waals surface area contributed by atoms with Gasteiger partial charge in [-0.1, -0.05) is 34.8 Å². The molecule has 6 heteroatoms. The van der Waals surface area contributed by atoms with Crippen molar-refractivity contribution in [2.45, 2.75) is 12.3 Å². The van der Waals surface area contributed by atoms with Crippen LogP contribution in [0.2, 0.25) is 15.1 Å². The molecule has 21 heavy (non-hydrogen) atoms. The minimum Gasteiger partial charge on any atom is -0.293 e. The van der Waals surface area contributed by atoms with Gasteiger partial charge in [-0.3, -0.25) is 4.57 Å². The zero-order valence-electron chi connectivity index (χ0n) is 10.9. The first-order valence-electron chi connectivity index (χ1n) is 6.25. The van der Waals surface area contributed by atoms with Crippen molar-refractivity contribution in [3.05, 3.63) is 57.3 Å². The molecule has 0 saturated heterocycles. The third-order valence-corrected chi connectivity index (χ3v) is 4.13. The van der Waals surface area contributed by atoms with Gasteiger partial charge in [0.2, 0.25) is 0 Å². The van der Waals surface area contributed by atoms with Crippen molar-refractivity contribution in [1.82, 2.24) is 9.55 Å². The highest BCUT2D eigenvalue weighted by molar-refractivity contribution is 6.34. The second-order valence-electron chi connectivity index (χ2n) is 4.65. The van der Waals surface area contributed by atoms with Gasteiger partial charge in [0.15, 0.2) is 0 Å². The van der Waals surface area contributed by atoms with Crippen molar-refractivity contribution < 1.29 is 0 Å². The van der Waals surface area contributed by atoms with Gasteiger partial charge >= 0.3 is 0 Å². The van der Waals surface area contributed by atoms with Gasteiger partial charge < -0.3 is 0 Å². The topological polar surface area (TPSA) is 17.8 Å². The second kappa shape index (κ2) is 5.69. The summed E-state index contributed by atoms with van der Waals surface area (Å²) in [6.07, 6.45) is 0. The highest BCUT2D eigenvalue weighted by atomic mass is 35.5. The Kier molecular flexibility index (Phi) is 4.06. The number of alkyl halides is 1. The van der Waals surface area contributed by atoms with Crippen LogP contribution in [0.25, 0.3) is 16.7 Å². The maximum atomic E-state index is 6.32. The molecule has 0 N–H and O–H groups in total. The van der Waals surface area contributed by atoms with Crippen molar-refractivity contribution in [1.29, 1.82) is 0 Å². The number of hydrogen-bond donors (Lipinski definition) is 0. The molecule has 3 aromatic rings. The summed E-state index contributed by atoms with van der Waals surface area (Å²) < 4.78 is 1.91. The average Bonchev–Trinajstić information content (AvgIpc) is 2.80. The maximum Gasteiger partial charge on any atom is 0.132 e. The van der Waals surface area contributed by atoms with E-state index in [-0.39, 0.29) is 5.38 Å². The van der Waals surface area contributed by atoms with E-state index < -0.39 is 0 Å². The SMILES string of the molecule is CC(Cl)c1nc2cc(Cl)ccc2n1-c1cc(Cl)ccc1Cl. The normalized spacial score (nSPS) is 12.8. The number of hydrogen-bond acceptors (Lipinski definition) is 1. The molecule has 0 aliphatic rings. The zero-order chi connectivity index (χ0) is 15.1. The van der Waals surface area contributed by atoms with Gasteiger partial charge in [0.25, 0.3) is 0 Å². The van der Waals surface area contributed by atoms with Crippen LogP contribution in [-0.4, -0.2) is 9.55 Å². The fourth-order valence-electron chi connectivity index (χ4n) is 2.25. The Morgan fingerprint density at radius 1 is 1.00 bits per heavy atom. The lowest BCUT2D eigenvalue weighted by Crippen LogP contribution is -2.02. The molecular formula is C15H10Cl4N2. The summed E-state index contributed by atoms with van der Waals surface area (Å²) in [7, 11) is 0. The summed E-state index contributed by atoms with van der Waals surface area (Å²) in [6.45, 7) is 1.86. The van der Waals surface area contributed by atoms with Gasteiger partial charge in [0.05, 0.1) is 27.1 Å². The average molecular weight is 360 g/mol. The highest BCUT2D eigenvalue weighted by Gasteiger charge is 2.18. The fraction of sp³-hybridized carbons (Fsp3) is 0.133. The van der Waals surface area contributed by atoms with E-state index in [9.17, 15) is 0 Å². The van der Waals surface area contributed by atoms with Crippen LogP contribution in [0.5, 0.6) is 0 Å². The molecule has 0 spiro atoms. The Morgan fingerprint density at radius 3 is 2.38 bits per heavy atom. The lowest BCUT2D eigenvalue weighted by atomic mass is 10.2. The molecule has 0 bridgehead atoms. The number of imidazole rings is 1.